The fourth-order valence-corrected chi connectivity index (χ4v) is 2.00. The van der Waals surface area contributed by atoms with E-state index in [1.165, 1.54) is 0 Å². The molecule has 2 aromatic rings. The van der Waals surface area contributed by atoms with Crippen molar-refractivity contribution < 1.29 is 0 Å². The molecule has 2 aromatic heterocycles. The fourth-order valence-electron chi connectivity index (χ4n) is 2.00. The number of hydrogen-bond acceptors (Lipinski definition) is 5. The summed E-state index contributed by atoms with van der Waals surface area (Å²) in [5.41, 5.74) is 3.19. The number of aromatic nitrogens is 3. The van der Waals surface area contributed by atoms with Gasteiger partial charge in [-0.2, -0.15) is 0 Å². The van der Waals surface area contributed by atoms with Crippen molar-refractivity contribution in [2.75, 3.05) is 17.7 Å². The molecule has 0 atom stereocenters. The summed E-state index contributed by atoms with van der Waals surface area (Å²) in [4.78, 5) is 13.5. The second-order valence-corrected chi connectivity index (χ2v) is 5.47. The first-order valence-corrected chi connectivity index (χ1v) is 7.23. The highest BCUT2D eigenvalue weighted by atomic mass is 15.1. The Hall–Kier alpha value is -2.17. The number of rotatable bonds is 5. The van der Waals surface area contributed by atoms with Crippen LogP contribution in [0, 0.1) is 13.8 Å². The molecule has 0 aromatic carbocycles. The zero-order valence-electron chi connectivity index (χ0n) is 13.4. The molecule has 5 nitrogen and oxygen atoms in total. The summed E-state index contributed by atoms with van der Waals surface area (Å²) in [5.74, 6) is 2.88. The third kappa shape index (κ3) is 3.68. The van der Waals surface area contributed by atoms with E-state index in [4.69, 9.17) is 0 Å². The first-order valence-electron chi connectivity index (χ1n) is 7.23. The number of nitrogens with one attached hydrogen (secondary N) is 2. The summed E-state index contributed by atoms with van der Waals surface area (Å²) in [5, 5.41) is 6.52. The minimum atomic E-state index is 0.291. The Bertz CT molecular complexity index is 605. The smallest absolute Gasteiger partial charge is 0.135 e. The van der Waals surface area contributed by atoms with E-state index in [1.807, 2.05) is 33.2 Å². The number of pyridine rings is 1. The first kappa shape index (κ1) is 15.2. The minimum absolute atomic E-state index is 0.291. The third-order valence-electron chi connectivity index (χ3n) is 3.35. The summed E-state index contributed by atoms with van der Waals surface area (Å²) in [6, 6.07) is 4.09. The van der Waals surface area contributed by atoms with Crippen molar-refractivity contribution >= 4 is 11.6 Å². The van der Waals surface area contributed by atoms with Crippen molar-refractivity contribution in [3.8, 4) is 0 Å². The van der Waals surface area contributed by atoms with Crippen molar-refractivity contribution in [2.45, 2.75) is 40.2 Å². The summed E-state index contributed by atoms with van der Waals surface area (Å²) in [6.07, 6.45) is 1.89. The van der Waals surface area contributed by atoms with Gasteiger partial charge in [0.25, 0.3) is 0 Å². The lowest BCUT2D eigenvalue weighted by atomic mass is 10.2. The third-order valence-corrected chi connectivity index (χ3v) is 3.35. The molecule has 0 radical (unpaired) electrons. The van der Waals surface area contributed by atoms with Gasteiger partial charge < -0.3 is 10.6 Å². The van der Waals surface area contributed by atoms with Crippen LogP contribution in [-0.4, -0.2) is 22.0 Å². The van der Waals surface area contributed by atoms with Crippen LogP contribution in [0.2, 0.25) is 0 Å². The van der Waals surface area contributed by atoms with E-state index in [2.05, 4.69) is 45.5 Å². The van der Waals surface area contributed by atoms with Crippen LogP contribution in [0.3, 0.4) is 0 Å². The van der Waals surface area contributed by atoms with Crippen molar-refractivity contribution in [1.82, 2.24) is 15.0 Å². The van der Waals surface area contributed by atoms with Crippen LogP contribution in [0.5, 0.6) is 0 Å². The Balaban J connectivity index is 2.22. The molecule has 2 heterocycles. The Morgan fingerprint density at radius 3 is 2.38 bits per heavy atom. The number of anilines is 2. The number of hydrogen-bond donors (Lipinski definition) is 2. The predicted octanol–water partition coefficient (Wildman–Crippen LogP) is 3.27. The molecule has 0 amide bonds. The quantitative estimate of drug-likeness (QED) is 0.883. The standard InChI is InChI=1S/C16H23N5/c1-10(2)14-20-15(17-5)12(4)16(21-14)19-9-13-7-6-11(3)18-8-13/h6-8,10H,9H2,1-5H3,(H2,17,19,20,21). The SMILES string of the molecule is CNc1nc(C(C)C)nc(NCc2ccc(C)nc2)c1C. The summed E-state index contributed by atoms with van der Waals surface area (Å²) >= 11 is 0. The van der Waals surface area contributed by atoms with E-state index < -0.39 is 0 Å². The Morgan fingerprint density at radius 1 is 1.10 bits per heavy atom. The van der Waals surface area contributed by atoms with Crippen LogP contribution in [0.4, 0.5) is 11.6 Å². The van der Waals surface area contributed by atoms with E-state index in [9.17, 15) is 0 Å². The topological polar surface area (TPSA) is 62.7 Å². The van der Waals surface area contributed by atoms with E-state index in [0.717, 1.165) is 34.3 Å². The molecule has 0 spiro atoms. The zero-order valence-corrected chi connectivity index (χ0v) is 13.4. The Morgan fingerprint density at radius 2 is 1.81 bits per heavy atom. The second kappa shape index (κ2) is 6.52. The van der Waals surface area contributed by atoms with Gasteiger partial charge in [-0.05, 0) is 25.5 Å². The summed E-state index contributed by atoms with van der Waals surface area (Å²) in [6.45, 7) is 8.90. The van der Waals surface area contributed by atoms with Gasteiger partial charge in [0.05, 0.1) is 0 Å². The van der Waals surface area contributed by atoms with Gasteiger partial charge in [-0.25, -0.2) is 9.97 Å². The van der Waals surface area contributed by atoms with Crippen molar-refractivity contribution in [3.05, 3.63) is 41.0 Å². The van der Waals surface area contributed by atoms with Gasteiger partial charge in [-0.3, -0.25) is 4.98 Å². The molecule has 0 saturated heterocycles. The maximum atomic E-state index is 4.63. The molecule has 0 aliphatic heterocycles. The van der Waals surface area contributed by atoms with Crippen molar-refractivity contribution in [2.24, 2.45) is 0 Å². The van der Waals surface area contributed by atoms with Gasteiger partial charge >= 0.3 is 0 Å². The molecule has 112 valence electrons. The highest BCUT2D eigenvalue weighted by Gasteiger charge is 2.12. The van der Waals surface area contributed by atoms with E-state index in [-0.39, 0.29) is 0 Å². The minimum Gasteiger partial charge on any atom is -0.373 e. The van der Waals surface area contributed by atoms with Crippen LogP contribution < -0.4 is 10.6 Å². The van der Waals surface area contributed by atoms with Crippen LogP contribution in [-0.2, 0) is 6.54 Å². The second-order valence-electron chi connectivity index (χ2n) is 5.47. The number of nitrogens with zero attached hydrogens (tertiary/aromatic N) is 3. The van der Waals surface area contributed by atoms with Gasteiger partial charge in [0.1, 0.15) is 17.5 Å². The molecule has 0 aliphatic carbocycles. The van der Waals surface area contributed by atoms with Crippen LogP contribution in [0.15, 0.2) is 18.3 Å². The van der Waals surface area contributed by atoms with E-state index >= 15 is 0 Å². The van der Waals surface area contributed by atoms with Gasteiger partial charge in [0.2, 0.25) is 0 Å². The molecular weight excluding hydrogens is 262 g/mol. The average Bonchev–Trinajstić information content (AvgIpc) is 2.47. The molecule has 0 fully saturated rings. The molecule has 2 rings (SSSR count). The highest BCUT2D eigenvalue weighted by Crippen LogP contribution is 2.23. The summed E-state index contributed by atoms with van der Waals surface area (Å²) < 4.78 is 0. The van der Waals surface area contributed by atoms with Gasteiger partial charge in [-0.15, -0.1) is 0 Å². The first-order chi connectivity index (χ1) is 10.0. The maximum absolute atomic E-state index is 4.63. The largest absolute Gasteiger partial charge is 0.373 e. The average molecular weight is 285 g/mol. The lowest BCUT2D eigenvalue weighted by Gasteiger charge is -2.15. The predicted molar refractivity (Wildman–Crippen MR) is 86.7 cm³/mol. The van der Waals surface area contributed by atoms with Crippen molar-refractivity contribution in [1.29, 1.82) is 0 Å². The van der Waals surface area contributed by atoms with Crippen LogP contribution in [0.1, 0.15) is 42.4 Å². The molecule has 5 heteroatoms. The molecule has 0 aliphatic rings. The molecule has 21 heavy (non-hydrogen) atoms. The zero-order chi connectivity index (χ0) is 15.4. The molecule has 0 unspecified atom stereocenters. The normalized spacial score (nSPS) is 10.8. The number of aryl methyl sites for hydroxylation is 1. The molecular formula is C16H23N5. The molecule has 2 N–H and O–H groups in total. The van der Waals surface area contributed by atoms with Crippen molar-refractivity contribution in [3.63, 3.8) is 0 Å². The van der Waals surface area contributed by atoms with Gasteiger partial charge in [-0.1, -0.05) is 19.9 Å². The van der Waals surface area contributed by atoms with Gasteiger partial charge in [0.15, 0.2) is 0 Å². The highest BCUT2D eigenvalue weighted by molar-refractivity contribution is 5.57. The van der Waals surface area contributed by atoms with E-state index in [0.29, 0.717) is 12.5 Å². The lowest BCUT2D eigenvalue weighted by Crippen LogP contribution is -2.10. The Labute approximate surface area is 126 Å². The maximum Gasteiger partial charge on any atom is 0.135 e. The lowest BCUT2D eigenvalue weighted by molar-refractivity contribution is 0.773. The monoisotopic (exact) mass is 285 g/mol. The summed E-state index contributed by atoms with van der Waals surface area (Å²) in [7, 11) is 1.88. The van der Waals surface area contributed by atoms with Crippen LogP contribution >= 0.6 is 0 Å². The molecule has 0 bridgehead atoms. The van der Waals surface area contributed by atoms with E-state index in [1.54, 1.807) is 0 Å². The fraction of sp³-hybridized carbons (Fsp3) is 0.438. The Kier molecular flexibility index (Phi) is 4.73. The van der Waals surface area contributed by atoms with Gasteiger partial charge in [0, 0.05) is 37.0 Å². The van der Waals surface area contributed by atoms with Crippen LogP contribution in [0.25, 0.3) is 0 Å². The molecule has 0 saturated carbocycles.